The number of nitrogens with one attached hydrogen (secondary N) is 1. The van der Waals surface area contributed by atoms with Crippen LogP contribution in [0.4, 0.5) is 0 Å². The third-order valence-electron chi connectivity index (χ3n) is 2.86. The van der Waals surface area contributed by atoms with Crippen molar-refractivity contribution in [2.24, 2.45) is 0 Å². The number of nitrogens with zero attached hydrogens (tertiary/aromatic N) is 1. The zero-order chi connectivity index (χ0) is 13.3. The van der Waals surface area contributed by atoms with E-state index >= 15 is 0 Å². The molecule has 2 rings (SSSR count). The molecule has 0 aliphatic carbocycles. The van der Waals surface area contributed by atoms with E-state index in [2.05, 4.69) is 0 Å². The third kappa shape index (κ3) is 2.23. The van der Waals surface area contributed by atoms with E-state index in [1.807, 2.05) is 4.98 Å². The second-order valence-corrected chi connectivity index (χ2v) is 4.11. The molecule has 1 aromatic rings. The SMILES string of the molecule is O=c1[nH]c(=O)n([C@@H]2O[C@H](CO)CC2O)cc1CO. The fourth-order valence-corrected chi connectivity index (χ4v) is 1.93. The zero-order valence-electron chi connectivity index (χ0n) is 9.44. The lowest BCUT2D eigenvalue weighted by Gasteiger charge is -2.17. The number of aromatic amines is 1. The molecule has 4 N–H and O–H groups in total. The number of ether oxygens (including phenoxy) is 1. The molecule has 3 atom stereocenters. The number of rotatable bonds is 3. The summed E-state index contributed by atoms with van der Waals surface area (Å²) in [5, 5.41) is 27.7. The van der Waals surface area contributed by atoms with Gasteiger partial charge in [-0.1, -0.05) is 0 Å². The van der Waals surface area contributed by atoms with E-state index in [0.29, 0.717) is 0 Å². The summed E-state index contributed by atoms with van der Waals surface area (Å²) in [6, 6.07) is 0. The van der Waals surface area contributed by atoms with E-state index in [0.717, 1.165) is 10.8 Å². The molecule has 1 saturated heterocycles. The lowest BCUT2D eigenvalue weighted by molar-refractivity contribution is -0.0532. The van der Waals surface area contributed by atoms with Gasteiger partial charge in [-0.2, -0.15) is 0 Å². The Morgan fingerprint density at radius 1 is 1.44 bits per heavy atom. The van der Waals surface area contributed by atoms with Crippen molar-refractivity contribution in [3.05, 3.63) is 32.6 Å². The van der Waals surface area contributed by atoms with E-state index in [-0.39, 0.29) is 18.6 Å². The highest BCUT2D eigenvalue weighted by Crippen LogP contribution is 2.27. The van der Waals surface area contributed by atoms with Crippen molar-refractivity contribution >= 4 is 0 Å². The van der Waals surface area contributed by atoms with Gasteiger partial charge in [0.05, 0.1) is 24.9 Å². The number of aromatic nitrogens is 2. The normalized spacial score (nSPS) is 27.6. The predicted molar refractivity (Wildman–Crippen MR) is 58.9 cm³/mol. The van der Waals surface area contributed by atoms with E-state index in [4.69, 9.17) is 14.9 Å². The van der Waals surface area contributed by atoms with Crippen molar-refractivity contribution in [3.8, 4) is 0 Å². The molecule has 0 saturated carbocycles. The first-order chi connectivity index (χ1) is 8.56. The third-order valence-corrected chi connectivity index (χ3v) is 2.86. The highest BCUT2D eigenvalue weighted by molar-refractivity contribution is 5.03. The number of aliphatic hydroxyl groups excluding tert-OH is 3. The van der Waals surface area contributed by atoms with Crippen molar-refractivity contribution in [3.63, 3.8) is 0 Å². The Labute approximate surface area is 101 Å². The van der Waals surface area contributed by atoms with Crippen molar-refractivity contribution in [2.45, 2.75) is 31.5 Å². The summed E-state index contributed by atoms with van der Waals surface area (Å²) in [6.45, 7) is -0.791. The number of aliphatic hydroxyl groups is 3. The Balaban J connectivity index is 2.39. The Morgan fingerprint density at radius 2 is 2.17 bits per heavy atom. The summed E-state index contributed by atoms with van der Waals surface area (Å²) in [5.41, 5.74) is -1.41. The van der Waals surface area contributed by atoms with Crippen LogP contribution in [-0.2, 0) is 11.3 Å². The van der Waals surface area contributed by atoms with Crippen LogP contribution in [0.25, 0.3) is 0 Å². The first-order valence-electron chi connectivity index (χ1n) is 5.46. The van der Waals surface area contributed by atoms with Crippen LogP contribution < -0.4 is 11.2 Å². The van der Waals surface area contributed by atoms with Crippen LogP contribution in [0.3, 0.4) is 0 Å². The van der Waals surface area contributed by atoms with Crippen LogP contribution in [0, 0.1) is 0 Å². The average Bonchev–Trinajstić information content (AvgIpc) is 2.71. The summed E-state index contributed by atoms with van der Waals surface area (Å²) in [4.78, 5) is 24.9. The fraction of sp³-hybridized carbons (Fsp3) is 0.600. The number of hydrogen-bond donors (Lipinski definition) is 4. The minimum absolute atomic E-state index is 0.00199. The Kier molecular flexibility index (Phi) is 3.62. The van der Waals surface area contributed by atoms with Crippen molar-refractivity contribution < 1.29 is 20.1 Å². The highest BCUT2D eigenvalue weighted by Gasteiger charge is 2.35. The fourth-order valence-electron chi connectivity index (χ4n) is 1.93. The second kappa shape index (κ2) is 5.02. The van der Waals surface area contributed by atoms with Crippen LogP contribution in [-0.4, -0.2) is 43.7 Å². The zero-order valence-corrected chi connectivity index (χ0v) is 9.44. The maximum Gasteiger partial charge on any atom is 0.330 e. The van der Waals surface area contributed by atoms with Gasteiger partial charge in [0, 0.05) is 12.6 Å². The molecule has 1 aliphatic rings. The summed E-state index contributed by atoms with van der Waals surface area (Å²) >= 11 is 0. The van der Waals surface area contributed by atoms with Gasteiger partial charge >= 0.3 is 5.69 Å². The van der Waals surface area contributed by atoms with Gasteiger partial charge in [0.1, 0.15) is 6.10 Å². The molecule has 1 fully saturated rings. The molecule has 0 spiro atoms. The van der Waals surface area contributed by atoms with Crippen LogP contribution in [0.2, 0.25) is 0 Å². The average molecular weight is 258 g/mol. The maximum absolute atomic E-state index is 11.6. The van der Waals surface area contributed by atoms with Gasteiger partial charge in [-0.15, -0.1) is 0 Å². The van der Waals surface area contributed by atoms with Crippen LogP contribution in [0.1, 0.15) is 18.2 Å². The quantitative estimate of drug-likeness (QED) is 0.482. The Bertz CT molecular complexity index is 536. The summed E-state index contributed by atoms with van der Waals surface area (Å²) in [5.74, 6) is 0. The van der Waals surface area contributed by atoms with Gasteiger partial charge in [-0.3, -0.25) is 14.3 Å². The molecule has 100 valence electrons. The topological polar surface area (TPSA) is 125 Å². The summed E-state index contributed by atoms with van der Waals surface area (Å²) in [7, 11) is 0. The minimum atomic E-state index is -0.975. The van der Waals surface area contributed by atoms with Crippen molar-refractivity contribution in [2.75, 3.05) is 6.61 Å². The molecule has 8 nitrogen and oxygen atoms in total. The standard InChI is InChI=1S/C10H14N2O6/c13-3-5-2-12(10(17)11-8(5)16)9-7(15)1-6(4-14)18-9/h2,6-7,9,13-15H,1,3-4H2,(H,11,16,17)/t6-,7?,9+/m0/s1. The first kappa shape index (κ1) is 13.0. The molecule has 18 heavy (non-hydrogen) atoms. The molecule has 1 aliphatic heterocycles. The smallest absolute Gasteiger partial charge is 0.330 e. The molecular formula is C10H14N2O6. The van der Waals surface area contributed by atoms with Gasteiger partial charge in [0.15, 0.2) is 6.23 Å². The molecule has 0 aromatic carbocycles. The minimum Gasteiger partial charge on any atom is -0.394 e. The summed E-state index contributed by atoms with van der Waals surface area (Å²) < 4.78 is 6.30. The van der Waals surface area contributed by atoms with Gasteiger partial charge < -0.3 is 20.1 Å². The van der Waals surface area contributed by atoms with Gasteiger partial charge in [-0.05, 0) is 0 Å². The monoisotopic (exact) mass is 258 g/mol. The number of hydrogen-bond acceptors (Lipinski definition) is 6. The van der Waals surface area contributed by atoms with Crippen molar-refractivity contribution in [1.82, 2.24) is 9.55 Å². The number of H-pyrrole nitrogens is 1. The Hall–Kier alpha value is -1.48. The lowest BCUT2D eigenvalue weighted by atomic mass is 10.2. The molecule has 2 heterocycles. The van der Waals surface area contributed by atoms with Crippen LogP contribution in [0.5, 0.6) is 0 Å². The molecule has 8 heteroatoms. The van der Waals surface area contributed by atoms with Gasteiger partial charge in [0.25, 0.3) is 5.56 Å². The molecule has 0 amide bonds. The Morgan fingerprint density at radius 3 is 2.72 bits per heavy atom. The summed E-state index contributed by atoms with van der Waals surface area (Å²) in [6.07, 6.45) is -1.15. The molecule has 1 unspecified atom stereocenters. The highest BCUT2D eigenvalue weighted by atomic mass is 16.5. The maximum atomic E-state index is 11.6. The largest absolute Gasteiger partial charge is 0.394 e. The van der Waals surface area contributed by atoms with Gasteiger partial charge in [-0.25, -0.2) is 4.79 Å². The molecule has 1 aromatic heterocycles. The first-order valence-corrected chi connectivity index (χ1v) is 5.46. The molecular weight excluding hydrogens is 244 g/mol. The van der Waals surface area contributed by atoms with Crippen molar-refractivity contribution in [1.29, 1.82) is 0 Å². The predicted octanol–water partition coefficient (Wildman–Crippen LogP) is -2.33. The van der Waals surface area contributed by atoms with Crippen LogP contribution in [0.15, 0.2) is 15.8 Å². The van der Waals surface area contributed by atoms with E-state index < -0.39 is 36.3 Å². The molecule has 0 radical (unpaired) electrons. The van der Waals surface area contributed by atoms with E-state index in [9.17, 15) is 14.7 Å². The van der Waals surface area contributed by atoms with Crippen LogP contribution >= 0.6 is 0 Å². The van der Waals surface area contributed by atoms with Gasteiger partial charge in [0.2, 0.25) is 0 Å². The molecule has 0 bridgehead atoms. The van der Waals surface area contributed by atoms with E-state index in [1.54, 1.807) is 0 Å². The lowest BCUT2D eigenvalue weighted by Crippen LogP contribution is -2.37. The second-order valence-electron chi connectivity index (χ2n) is 4.11. The van der Waals surface area contributed by atoms with E-state index in [1.165, 1.54) is 0 Å².